The summed E-state index contributed by atoms with van der Waals surface area (Å²) in [6, 6.07) is 13.3. The van der Waals surface area contributed by atoms with E-state index in [2.05, 4.69) is 10.9 Å². The smallest absolute Gasteiger partial charge is 0.284 e. The minimum absolute atomic E-state index is 0.0566. The Balaban J connectivity index is 1.73. The van der Waals surface area contributed by atoms with Gasteiger partial charge in [0.05, 0.1) is 17.3 Å². The molecule has 150 valence electrons. The largest absolute Gasteiger partial charge is 0.331 e. The van der Waals surface area contributed by atoms with Gasteiger partial charge in [-0.1, -0.05) is 35.9 Å². The van der Waals surface area contributed by atoms with Crippen LogP contribution in [0.4, 0.5) is 0 Å². The molecular formula is C20H19ClN4O4. The van der Waals surface area contributed by atoms with E-state index >= 15 is 0 Å². The maximum Gasteiger partial charge on any atom is 0.331 e. The van der Waals surface area contributed by atoms with Gasteiger partial charge in [-0.3, -0.25) is 34.4 Å². The van der Waals surface area contributed by atoms with Crippen LogP contribution in [-0.2, 0) is 29.1 Å². The average Bonchev–Trinajstić information content (AvgIpc) is 2.72. The van der Waals surface area contributed by atoms with Crippen molar-refractivity contribution < 1.29 is 9.59 Å². The molecule has 0 radical (unpaired) electrons. The number of hydrogen-bond acceptors (Lipinski definition) is 4. The van der Waals surface area contributed by atoms with Crippen LogP contribution in [-0.4, -0.2) is 20.9 Å². The molecular weight excluding hydrogens is 396 g/mol. The summed E-state index contributed by atoms with van der Waals surface area (Å²) in [7, 11) is 0. The number of aromatic nitrogens is 2. The number of amides is 2. The Morgan fingerprint density at radius 2 is 1.59 bits per heavy atom. The predicted molar refractivity (Wildman–Crippen MR) is 110 cm³/mol. The van der Waals surface area contributed by atoms with Gasteiger partial charge in [0.2, 0.25) is 5.91 Å². The van der Waals surface area contributed by atoms with Gasteiger partial charge in [-0.05, 0) is 36.8 Å². The zero-order valence-corrected chi connectivity index (χ0v) is 16.4. The van der Waals surface area contributed by atoms with E-state index in [1.165, 1.54) is 4.57 Å². The Hall–Kier alpha value is -3.39. The molecule has 0 unspecified atom stereocenters. The van der Waals surface area contributed by atoms with E-state index in [-0.39, 0.29) is 19.5 Å². The highest BCUT2D eigenvalue weighted by Crippen LogP contribution is 2.10. The minimum Gasteiger partial charge on any atom is -0.284 e. The standard InChI is InChI=1S/C20H19ClN4O4/c1-2-24-19(28)15-5-3-4-6-16(15)25(20(24)29)12-18(27)23-22-17(26)11-13-7-9-14(21)10-8-13/h3-10H,2,11-12H2,1H3,(H,22,26)(H,23,27). The van der Waals surface area contributed by atoms with Crippen molar-refractivity contribution in [1.82, 2.24) is 20.0 Å². The molecule has 0 atom stereocenters. The molecule has 0 bridgehead atoms. The van der Waals surface area contributed by atoms with Crippen LogP contribution in [0.2, 0.25) is 5.02 Å². The third kappa shape index (κ3) is 4.55. The molecule has 1 aromatic heterocycles. The fourth-order valence-electron chi connectivity index (χ4n) is 2.96. The van der Waals surface area contributed by atoms with Crippen LogP contribution in [0.5, 0.6) is 0 Å². The van der Waals surface area contributed by atoms with Gasteiger partial charge >= 0.3 is 5.69 Å². The molecule has 2 N–H and O–H groups in total. The van der Waals surface area contributed by atoms with E-state index < -0.39 is 23.1 Å². The number of nitrogens with zero attached hydrogens (tertiary/aromatic N) is 2. The van der Waals surface area contributed by atoms with Gasteiger partial charge < -0.3 is 0 Å². The lowest BCUT2D eigenvalue weighted by Gasteiger charge is -2.13. The number of hydrazine groups is 1. The molecule has 0 saturated carbocycles. The lowest BCUT2D eigenvalue weighted by Crippen LogP contribution is -2.47. The average molecular weight is 415 g/mol. The van der Waals surface area contributed by atoms with Crippen molar-refractivity contribution in [2.75, 3.05) is 0 Å². The molecule has 0 aliphatic heterocycles. The fourth-order valence-corrected chi connectivity index (χ4v) is 3.08. The van der Waals surface area contributed by atoms with Crippen molar-refractivity contribution in [1.29, 1.82) is 0 Å². The molecule has 0 fully saturated rings. The second-order valence-electron chi connectivity index (χ2n) is 6.33. The van der Waals surface area contributed by atoms with E-state index in [4.69, 9.17) is 11.6 Å². The molecule has 0 aliphatic carbocycles. The fraction of sp³-hybridized carbons (Fsp3) is 0.200. The normalized spacial score (nSPS) is 10.7. The Morgan fingerprint density at radius 3 is 2.28 bits per heavy atom. The van der Waals surface area contributed by atoms with Crippen LogP contribution in [0, 0.1) is 0 Å². The predicted octanol–water partition coefficient (Wildman–Crippen LogP) is 1.23. The van der Waals surface area contributed by atoms with Gasteiger partial charge in [0.25, 0.3) is 11.5 Å². The Kier molecular flexibility index (Phi) is 6.13. The zero-order valence-electron chi connectivity index (χ0n) is 15.6. The molecule has 3 rings (SSSR count). The first-order chi connectivity index (χ1) is 13.9. The van der Waals surface area contributed by atoms with E-state index in [1.807, 2.05) is 0 Å². The molecule has 0 spiro atoms. The quantitative estimate of drug-likeness (QED) is 0.613. The first-order valence-electron chi connectivity index (χ1n) is 8.95. The van der Waals surface area contributed by atoms with Gasteiger partial charge in [-0.2, -0.15) is 0 Å². The molecule has 9 heteroatoms. The number of hydrogen-bond donors (Lipinski definition) is 2. The molecule has 1 heterocycles. The number of halogens is 1. The van der Waals surface area contributed by atoms with E-state index in [0.717, 1.165) is 10.1 Å². The number of carbonyl (C=O) groups is 2. The molecule has 2 amide bonds. The summed E-state index contributed by atoms with van der Waals surface area (Å²) in [4.78, 5) is 49.3. The highest BCUT2D eigenvalue weighted by Gasteiger charge is 2.14. The Bertz CT molecular complexity index is 1180. The van der Waals surface area contributed by atoms with Crippen LogP contribution in [0.15, 0.2) is 58.1 Å². The van der Waals surface area contributed by atoms with Gasteiger partial charge in [0.15, 0.2) is 0 Å². The van der Waals surface area contributed by atoms with Crippen molar-refractivity contribution in [2.24, 2.45) is 0 Å². The Labute approximate surface area is 170 Å². The van der Waals surface area contributed by atoms with Gasteiger partial charge in [0.1, 0.15) is 6.54 Å². The third-order valence-electron chi connectivity index (χ3n) is 4.37. The third-order valence-corrected chi connectivity index (χ3v) is 4.62. The topological polar surface area (TPSA) is 102 Å². The van der Waals surface area contributed by atoms with E-state index in [9.17, 15) is 19.2 Å². The summed E-state index contributed by atoms with van der Waals surface area (Å²) in [5.41, 5.74) is 4.72. The molecule has 2 aromatic carbocycles. The summed E-state index contributed by atoms with van der Waals surface area (Å²) in [5.74, 6) is -1.01. The number of rotatable bonds is 5. The molecule has 8 nitrogen and oxygen atoms in total. The van der Waals surface area contributed by atoms with Crippen molar-refractivity contribution in [2.45, 2.75) is 26.4 Å². The second-order valence-corrected chi connectivity index (χ2v) is 6.77. The minimum atomic E-state index is -0.594. The molecule has 0 saturated heterocycles. The lowest BCUT2D eigenvalue weighted by atomic mass is 10.1. The zero-order chi connectivity index (χ0) is 21.0. The van der Waals surface area contributed by atoms with Crippen LogP contribution in [0.1, 0.15) is 12.5 Å². The summed E-state index contributed by atoms with van der Waals surface area (Å²) in [6.45, 7) is 1.52. The molecule has 3 aromatic rings. The van der Waals surface area contributed by atoms with Crippen molar-refractivity contribution in [3.8, 4) is 0 Å². The van der Waals surface area contributed by atoms with E-state index in [0.29, 0.717) is 15.9 Å². The summed E-state index contributed by atoms with van der Waals surface area (Å²) in [5, 5.41) is 0.905. The summed E-state index contributed by atoms with van der Waals surface area (Å²) >= 11 is 5.81. The first-order valence-corrected chi connectivity index (χ1v) is 9.33. The molecule has 29 heavy (non-hydrogen) atoms. The lowest BCUT2D eigenvalue weighted by molar-refractivity contribution is -0.128. The van der Waals surface area contributed by atoms with Crippen LogP contribution >= 0.6 is 11.6 Å². The first kappa shape index (κ1) is 20.3. The molecule has 0 aliphatic rings. The van der Waals surface area contributed by atoms with Crippen molar-refractivity contribution >= 4 is 34.3 Å². The maximum atomic E-state index is 12.6. The number of nitrogens with one attached hydrogen (secondary N) is 2. The summed E-state index contributed by atoms with van der Waals surface area (Å²) < 4.78 is 2.27. The van der Waals surface area contributed by atoms with Gasteiger partial charge in [-0.25, -0.2) is 4.79 Å². The number of benzene rings is 2. The van der Waals surface area contributed by atoms with Crippen LogP contribution in [0.25, 0.3) is 10.9 Å². The number of fused-ring (bicyclic) bond motifs is 1. The monoisotopic (exact) mass is 414 g/mol. The van der Waals surface area contributed by atoms with Gasteiger partial charge in [-0.15, -0.1) is 0 Å². The highest BCUT2D eigenvalue weighted by molar-refractivity contribution is 6.30. The Morgan fingerprint density at radius 1 is 0.931 bits per heavy atom. The summed E-state index contributed by atoms with van der Waals surface area (Å²) in [6.07, 6.45) is 0.0566. The van der Waals surface area contributed by atoms with Crippen molar-refractivity contribution in [3.05, 3.63) is 80.0 Å². The van der Waals surface area contributed by atoms with Crippen LogP contribution < -0.4 is 22.1 Å². The second kappa shape index (κ2) is 8.74. The highest BCUT2D eigenvalue weighted by atomic mass is 35.5. The van der Waals surface area contributed by atoms with Crippen LogP contribution in [0.3, 0.4) is 0 Å². The maximum absolute atomic E-state index is 12.6. The van der Waals surface area contributed by atoms with E-state index in [1.54, 1.807) is 55.5 Å². The van der Waals surface area contributed by atoms with Gasteiger partial charge in [0, 0.05) is 11.6 Å². The SMILES string of the molecule is CCn1c(=O)c2ccccc2n(CC(=O)NNC(=O)Cc2ccc(Cl)cc2)c1=O. The number of para-hydroxylation sites is 1. The number of carbonyl (C=O) groups excluding carboxylic acids is 2. The van der Waals surface area contributed by atoms with Crippen molar-refractivity contribution in [3.63, 3.8) is 0 Å².